The van der Waals surface area contributed by atoms with Crippen LogP contribution in [0.15, 0.2) is 24.3 Å². The van der Waals surface area contributed by atoms with Gasteiger partial charge in [0.15, 0.2) is 16.6 Å². The van der Waals surface area contributed by atoms with Crippen molar-refractivity contribution in [2.45, 2.75) is 38.9 Å². The Hall–Kier alpha value is -3.87. The minimum Gasteiger partial charge on any atom is -0.465 e. The maximum atomic E-state index is 13.4. The zero-order valence-electron chi connectivity index (χ0n) is 18.9. The van der Waals surface area contributed by atoms with Crippen molar-refractivity contribution in [3.05, 3.63) is 47.2 Å². The zero-order chi connectivity index (χ0) is 24.9. The number of hydrogen-bond donors (Lipinski definition) is 2. The summed E-state index contributed by atoms with van der Waals surface area (Å²) in [6, 6.07) is 4.33. The molecule has 2 N–H and O–H groups in total. The van der Waals surface area contributed by atoms with Gasteiger partial charge in [0.25, 0.3) is 5.91 Å². The number of halogens is 1. The summed E-state index contributed by atoms with van der Waals surface area (Å²) in [4.78, 5) is 49.6. The fourth-order valence-corrected chi connectivity index (χ4v) is 5.28. The van der Waals surface area contributed by atoms with E-state index < -0.39 is 24.0 Å². The van der Waals surface area contributed by atoms with Gasteiger partial charge in [-0.25, -0.2) is 19.2 Å². The van der Waals surface area contributed by atoms with Crippen LogP contribution in [0.5, 0.6) is 0 Å². The smallest absolute Gasteiger partial charge is 0.404 e. The molecule has 182 valence electrons. The number of aryl methyl sites for hydroxylation is 1. The minimum absolute atomic E-state index is 0.0124. The second kappa shape index (κ2) is 8.73. The van der Waals surface area contributed by atoms with E-state index in [0.717, 1.165) is 0 Å². The number of amides is 3. The van der Waals surface area contributed by atoms with Gasteiger partial charge in [-0.15, -0.1) is 0 Å². The fourth-order valence-electron chi connectivity index (χ4n) is 4.61. The molecule has 13 heteroatoms. The molecular weight excluding hydrogens is 477 g/mol. The Morgan fingerprint density at radius 2 is 1.94 bits per heavy atom. The van der Waals surface area contributed by atoms with Crippen molar-refractivity contribution >= 4 is 35.3 Å². The highest BCUT2D eigenvalue weighted by atomic mass is 32.1. The standard InChI is InChI=1S/C22H22FN7O4S/c1-11-17-18(30-10-15(9-16(30)31)25-22(33)34)26-19(20-24-12(2)27-35-20)29(17)8-7-28(11)21(32)13-3-5-14(23)6-4-13/h3-6,11,15,25H,7-10H2,1-2H3,(H,33,34). The molecule has 11 nitrogen and oxygen atoms in total. The largest absolute Gasteiger partial charge is 0.465 e. The van der Waals surface area contributed by atoms with Crippen LogP contribution in [-0.4, -0.2) is 66.0 Å². The number of imidazole rings is 1. The highest BCUT2D eigenvalue weighted by Crippen LogP contribution is 2.39. The van der Waals surface area contributed by atoms with E-state index in [1.165, 1.54) is 40.7 Å². The van der Waals surface area contributed by atoms with Crippen molar-refractivity contribution in [2.75, 3.05) is 18.0 Å². The Kier molecular flexibility index (Phi) is 5.71. The number of carboxylic acid groups (broad SMARTS) is 1. The molecule has 0 saturated carbocycles. The van der Waals surface area contributed by atoms with Crippen LogP contribution in [-0.2, 0) is 11.3 Å². The second-order valence-corrected chi connectivity index (χ2v) is 9.23. The van der Waals surface area contributed by atoms with Gasteiger partial charge in [0, 0.05) is 31.6 Å². The maximum Gasteiger partial charge on any atom is 0.404 e. The van der Waals surface area contributed by atoms with E-state index in [4.69, 9.17) is 10.1 Å². The summed E-state index contributed by atoms with van der Waals surface area (Å²) >= 11 is 1.19. The van der Waals surface area contributed by atoms with Gasteiger partial charge in [0.2, 0.25) is 5.91 Å². The Morgan fingerprint density at radius 3 is 2.60 bits per heavy atom. The molecule has 1 saturated heterocycles. The molecule has 0 bridgehead atoms. The number of hydrogen-bond acceptors (Lipinski definition) is 7. The van der Waals surface area contributed by atoms with Crippen LogP contribution in [0, 0.1) is 12.7 Å². The fraction of sp³-hybridized carbons (Fsp3) is 0.364. The predicted octanol–water partition coefficient (Wildman–Crippen LogP) is 2.44. The first-order valence-corrected chi connectivity index (χ1v) is 11.8. The molecule has 2 atom stereocenters. The number of aromatic nitrogens is 4. The lowest BCUT2D eigenvalue weighted by Gasteiger charge is -2.36. The lowest BCUT2D eigenvalue weighted by atomic mass is 10.1. The number of benzene rings is 1. The van der Waals surface area contributed by atoms with Crippen LogP contribution in [0.25, 0.3) is 10.8 Å². The third-order valence-electron chi connectivity index (χ3n) is 6.19. The summed E-state index contributed by atoms with van der Waals surface area (Å²) in [6.45, 7) is 4.54. The van der Waals surface area contributed by atoms with Crippen molar-refractivity contribution in [3.63, 3.8) is 0 Å². The highest BCUT2D eigenvalue weighted by Gasteiger charge is 2.40. The predicted molar refractivity (Wildman–Crippen MR) is 124 cm³/mol. The van der Waals surface area contributed by atoms with Crippen molar-refractivity contribution in [3.8, 4) is 10.8 Å². The molecule has 1 aromatic carbocycles. The topological polar surface area (TPSA) is 134 Å². The van der Waals surface area contributed by atoms with Gasteiger partial charge in [-0.3, -0.25) is 14.5 Å². The summed E-state index contributed by atoms with van der Waals surface area (Å²) < 4.78 is 19.6. The first-order valence-electron chi connectivity index (χ1n) is 11.0. The van der Waals surface area contributed by atoms with E-state index in [1.807, 2.05) is 11.5 Å². The van der Waals surface area contributed by atoms with Crippen LogP contribution >= 0.6 is 11.5 Å². The van der Waals surface area contributed by atoms with Crippen LogP contribution in [0.3, 0.4) is 0 Å². The second-order valence-electron chi connectivity index (χ2n) is 8.48. The van der Waals surface area contributed by atoms with E-state index in [2.05, 4.69) is 14.7 Å². The van der Waals surface area contributed by atoms with E-state index in [-0.39, 0.29) is 24.8 Å². The molecular formula is C22H22FN7O4S. The average Bonchev–Trinajstić information content (AvgIpc) is 3.50. The van der Waals surface area contributed by atoms with E-state index in [0.29, 0.717) is 46.8 Å². The third-order valence-corrected chi connectivity index (χ3v) is 7.00. The van der Waals surface area contributed by atoms with Crippen LogP contribution < -0.4 is 10.2 Å². The summed E-state index contributed by atoms with van der Waals surface area (Å²) in [5, 5.41) is 12.0. The zero-order valence-corrected chi connectivity index (χ0v) is 19.8. The van der Waals surface area contributed by atoms with Crippen LogP contribution in [0.4, 0.5) is 15.0 Å². The SMILES string of the molecule is Cc1nsc(-c2nc(N3CC(NC(=O)O)CC3=O)c3n2CCN(C(=O)c2ccc(F)cc2)C3C)n1. The number of fused-ring (bicyclic) bond motifs is 1. The van der Waals surface area contributed by atoms with Gasteiger partial charge in [0.05, 0.1) is 17.8 Å². The van der Waals surface area contributed by atoms with E-state index >= 15 is 0 Å². The molecule has 3 amide bonds. The van der Waals surface area contributed by atoms with Gasteiger partial charge < -0.3 is 19.9 Å². The summed E-state index contributed by atoms with van der Waals surface area (Å²) in [5.41, 5.74) is 1.01. The molecule has 4 heterocycles. The Bertz CT molecular complexity index is 1320. The molecule has 2 unspecified atom stereocenters. The number of nitrogens with one attached hydrogen (secondary N) is 1. The number of rotatable bonds is 4. The van der Waals surface area contributed by atoms with Crippen LogP contribution in [0.2, 0.25) is 0 Å². The van der Waals surface area contributed by atoms with Crippen molar-refractivity contribution in [2.24, 2.45) is 0 Å². The lowest BCUT2D eigenvalue weighted by molar-refractivity contribution is -0.117. The summed E-state index contributed by atoms with van der Waals surface area (Å²) in [5.74, 6) is 0.563. The number of nitrogens with zero attached hydrogens (tertiary/aromatic N) is 6. The Morgan fingerprint density at radius 1 is 1.20 bits per heavy atom. The Balaban J connectivity index is 1.55. The highest BCUT2D eigenvalue weighted by molar-refractivity contribution is 7.09. The van der Waals surface area contributed by atoms with E-state index in [1.54, 1.807) is 11.8 Å². The molecule has 1 fully saturated rings. The molecule has 2 aromatic heterocycles. The monoisotopic (exact) mass is 499 g/mol. The van der Waals surface area contributed by atoms with Gasteiger partial charge in [-0.1, -0.05) is 0 Å². The molecule has 3 aromatic rings. The summed E-state index contributed by atoms with van der Waals surface area (Å²) in [6.07, 6.45) is -1.19. The van der Waals surface area contributed by atoms with Crippen LogP contribution in [0.1, 0.15) is 41.3 Å². The van der Waals surface area contributed by atoms with Gasteiger partial charge in [-0.2, -0.15) is 4.37 Å². The number of carbonyl (C=O) groups is 3. The van der Waals surface area contributed by atoms with Gasteiger partial charge >= 0.3 is 6.09 Å². The normalized spacial score (nSPS) is 19.7. The van der Waals surface area contributed by atoms with Gasteiger partial charge in [-0.05, 0) is 49.6 Å². The van der Waals surface area contributed by atoms with Crippen molar-refractivity contribution in [1.29, 1.82) is 0 Å². The maximum absolute atomic E-state index is 13.4. The quantitative estimate of drug-likeness (QED) is 0.563. The van der Waals surface area contributed by atoms with Crippen molar-refractivity contribution < 1.29 is 23.9 Å². The van der Waals surface area contributed by atoms with E-state index in [9.17, 15) is 18.8 Å². The first-order chi connectivity index (χ1) is 16.7. The minimum atomic E-state index is -1.20. The first kappa shape index (κ1) is 22.9. The molecule has 0 aliphatic carbocycles. The lowest BCUT2D eigenvalue weighted by Crippen LogP contribution is -2.42. The summed E-state index contributed by atoms with van der Waals surface area (Å²) in [7, 11) is 0. The molecule has 35 heavy (non-hydrogen) atoms. The molecule has 0 radical (unpaired) electrons. The molecule has 2 aliphatic heterocycles. The van der Waals surface area contributed by atoms with Crippen molar-refractivity contribution in [1.82, 2.24) is 29.1 Å². The number of carbonyl (C=O) groups excluding carboxylic acids is 2. The average molecular weight is 500 g/mol. The van der Waals surface area contributed by atoms with Gasteiger partial charge in [0.1, 0.15) is 11.6 Å². The molecule has 0 spiro atoms. The molecule has 2 aliphatic rings. The Labute approximate surface area is 203 Å². The number of anilines is 1. The molecule has 5 rings (SSSR count). The third kappa shape index (κ3) is 4.11.